The monoisotopic (exact) mass is 291 g/mol. The van der Waals surface area contributed by atoms with Gasteiger partial charge in [-0.2, -0.15) is 0 Å². The van der Waals surface area contributed by atoms with Crippen LogP contribution in [0.2, 0.25) is 0 Å². The first-order chi connectivity index (χ1) is 9.98. The van der Waals surface area contributed by atoms with E-state index in [4.69, 9.17) is 5.73 Å². The maximum absolute atomic E-state index is 13.6. The number of halogens is 1. The Morgan fingerprint density at radius 3 is 2.86 bits per heavy atom. The minimum Gasteiger partial charge on any atom is -0.333 e. The molecule has 1 aromatic carbocycles. The minimum absolute atomic E-state index is 0.327. The normalized spacial score (nSPS) is 21.1. The maximum atomic E-state index is 13.6. The van der Waals surface area contributed by atoms with E-state index < -0.39 is 5.66 Å². The summed E-state index contributed by atoms with van der Waals surface area (Å²) in [6.07, 6.45) is 5.23. The zero-order chi connectivity index (χ0) is 15.3. The summed E-state index contributed by atoms with van der Waals surface area (Å²) in [5.41, 5.74) is 5.88. The molecule has 0 aliphatic carbocycles. The van der Waals surface area contributed by atoms with E-state index in [0.29, 0.717) is 11.6 Å². The van der Waals surface area contributed by atoms with Crippen LogP contribution in [-0.4, -0.2) is 37.2 Å². The van der Waals surface area contributed by atoms with Crippen molar-refractivity contribution in [1.29, 1.82) is 0 Å². The molecule has 6 heteroatoms. The highest BCUT2D eigenvalue weighted by atomic mass is 19.1. The van der Waals surface area contributed by atoms with Crippen LogP contribution in [0.3, 0.4) is 0 Å². The Labute approximate surface area is 124 Å². The fraction of sp³-hybridized carbons (Fsp3) is 0.400. The third-order valence-electron chi connectivity index (χ3n) is 3.22. The quantitative estimate of drug-likeness (QED) is 0.772. The van der Waals surface area contributed by atoms with Crippen LogP contribution in [0.25, 0.3) is 0 Å². The highest BCUT2D eigenvalue weighted by Crippen LogP contribution is 2.18. The average molecular weight is 291 g/mol. The summed E-state index contributed by atoms with van der Waals surface area (Å²) in [6.45, 7) is 0.950. The van der Waals surface area contributed by atoms with Crippen LogP contribution in [0, 0.1) is 5.82 Å². The topological polar surface area (TPSA) is 65.7 Å². The molecule has 1 heterocycles. The number of anilines is 1. The molecule has 114 valence electrons. The molecule has 0 aromatic heterocycles. The van der Waals surface area contributed by atoms with Gasteiger partial charge in [-0.25, -0.2) is 9.38 Å². The van der Waals surface area contributed by atoms with Crippen LogP contribution < -0.4 is 16.4 Å². The molecule has 1 aromatic rings. The van der Waals surface area contributed by atoms with Crippen LogP contribution in [0.1, 0.15) is 12.8 Å². The first-order valence-electron chi connectivity index (χ1n) is 6.98. The summed E-state index contributed by atoms with van der Waals surface area (Å²) in [5, 5.41) is 5.88. The van der Waals surface area contributed by atoms with Gasteiger partial charge in [-0.3, -0.25) is 0 Å². The standard InChI is InChI=1S/C15H22FN5/c1-21(2)11-5-8-15(17)9-10-18-14(20-15)19-13-7-4-3-6-12(13)16/h3-4,6-7,9-10H,5,8,11,17H2,1-2H3,(H2,18,19,20). The summed E-state index contributed by atoms with van der Waals surface area (Å²) < 4.78 is 13.6. The SMILES string of the molecule is CN(C)CCCC1(N)C=CNC(Nc2ccccc2F)=N1. The average Bonchev–Trinajstić information content (AvgIpc) is 2.41. The van der Waals surface area contributed by atoms with Crippen molar-refractivity contribution in [2.45, 2.75) is 18.5 Å². The lowest BCUT2D eigenvalue weighted by atomic mass is 10.0. The lowest BCUT2D eigenvalue weighted by molar-refractivity contribution is 0.367. The Kier molecular flexibility index (Phi) is 4.93. The smallest absolute Gasteiger partial charge is 0.202 e. The van der Waals surface area contributed by atoms with Gasteiger partial charge in [0.15, 0.2) is 0 Å². The molecule has 0 radical (unpaired) electrons. The molecule has 1 aliphatic rings. The molecule has 1 aliphatic heterocycles. The van der Waals surface area contributed by atoms with Gasteiger partial charge in [0.25, 0.3) is 0 Å². The van der Waals surface area contributed by atoms with E-state index in [1.54, 1.807) is 24.4 Å². The molecular weight excluding hydrogens is 269 g/mol. The molecule has 0 fully saturated rings. The number of hydrogen-bond acceptors (Lipinski definition) is 5. The summed E-state index contributed by atoms with van der Waals surface area (Å²) in [6, 6.07) is 6.46. The van der Waals surface area contributed by atoms with Crippen molar-refractivity contribution in [2.24, 2.45) is 10.7 Å². The molecule has 21 heavy (non-hydrogen) atoms. The predicted octanol–water partition coefficient (Wildman–Crippen LogP) is 1.71. The van der Waals surface area contributed by atoms with Crippen LogP contribution in [0.4, 0.5) is 10.1 Å². The maximum Gasteiger partial charge on any atom is 0.202 e. The Hall–Kier alpha value is -1.92. The highest BCUT2D eigenvalue weighted by Gasteiger charge is 2.24. The molecule has 0 spiro atoms. The largest absolute Gasteiger partial charge is 0.333 e. The molecule has 0 saturated heterocycles. The van der Waals surface area contributed by atoms with Gasteiger partial charge < -0.3 is 21.3 Å². The molecular formula is C15H22FN5. The van der Waals surface area contributed by atoms with E-state index >= 15 is 0 Å². The van der Waals surface area contributed by atoms with Crippen molar-refractivity contribution >= 4 is 11.6 Å². The number of benzene rings is 1. The van der Waals surface area contributed by atoms with Crippen LogP contribution in [-0.2, 0) is 0 Å². The van der Waals surface area contributed by atoms with Crippen molar-refractivity contribution in [2.75, 3.05) is 26.0 Å². The second-order valence-electron chi connectivity index (χ2n) is 5.44. The van der Waals surface area contributed by atoms with E-state index in [2.05, 4.69) is 20.5 Å². The number of aliphatic imine (C=N–C) groups is 1. The molecule has 4 N–H and O–H groups in total. The van der Waals surface area contributed by atoms with Crippen molar-refractivity contribution in [3.05, 3.63) is 42.4 Å². The number of rotatable bonds is 5. The summed E-state index contributed by atoms with van der Waals surface area (Å²) >= 11 is 0. The number of nitrogens with one attached hydrogen (secondary N) is 2. The van der Waals surface area contributed by atoms with Gasteiger partial charge >= 0.3 is 0 Å². The molecule has 0 amide bonds. The fourth-order valence-electron chi connectivity index (χ4n) is 2.11. The Morgan fingerprint density at radius 2 is 2.14 bits per heavy atom. The van der Waals surface area contributed by atoms with Crippen molar-refractivity contribution in [3.8, 4) is 0 Å². The Balaban J connectivity index is 2.02. The Bertz CT molecular complexity index is 541. The van der Waals surface area contributed by atoms with Gasteiger partial charge in [0.05, 0.1) is 5.69 Å². The third kappa shape index (κ3) is 4.54. The minimum atomic E-state index is -0.755. The van der Waals surface area contributed by atoms with Crippen molar-refractivity contribution < 1.29 is 4.39 Å². The zero-order valence-electron chi connectivity index (χ0n) is 12.4. The molecule has 1 unspecified atom stereocenters. The predicted molar refractivity (Wildman–Crippen MR) is 84.4 cm³/mol. The van der Waals surface area contributed by atoms with Crippen LogP contribution in [0.5, 0.6) is 0 Å². The van der Waals surface area contributed by atoms with Crippen molar-refractivity contribution in [3.63, 3.8) is 0 Å². The number of nitrogens with zero attached hydrogens (tertiary/aromatic N) is 2. The van der Waals surface area contributed by atoms with E-state index in [0.717, 1.165) is 19.4 Å². The first-order valence-corrected chi connectivity index (χ1v) is 6.98. The molecule has 0 saturated carbocycles. The highest BCUT2D eigenvalue weighted by molar-refractivity contribution is 5.95. The van der Waals surface area contributed by atoms with Crippen molar-refractivity contribution in [1.82, 2.24) is 10.2 Å². The fourth-order valence-corrected chi connectivity index (χ4v) is 2.11. The van der Waals surface area contributed by atoms with Gasteiger partial charge in [0.2, 0.25) is 5.96 Å². The summed E-state index contributed by atoms with van der Waals surface area (Å²) in [5.74, 6) is 0.127. The van der Waals surface area contributed by atoms with Crippen LogP contribution >= 0.6 is 0 Å². The van der Waals surface area contributed by atoms with Gasteiger partial charge in [-0.15, -0.1) is 0 Å². The van der Waals surface area contributed by atoms with Gasteiger partial charge in [0.1, 0.15) is 11.5 Å². The van der Waals surface area contributed by atoms with Gasteiger partial charge in [0, 0.05) is 6.20 Å². The molecule has 1 atom stereocenters. The third-order valence-corrected chi connectivity index (χ3v) is 3.22. The lowest BCUT2D eigenvalue weighted by Gasteiger charge is -2.27. The van der Waals surface area contributed by atoms with E-state index in [1.807, 2.05) is 20.2 Å². The number of hydrogen-bond donors (Lipinski definition) is 3. The first kappa shape index (κ1) is 15.5. The van der Waals surface area contributed by atoms with Crippen LogP contribution in [0.15, 0.2) is 41.5 Å². The van der Waals surface area contributed by atoms with E-state index in [-0.39, 0.29) is 5.82 Å². The lowest BCUT2D eigenvalue weighted by Crippen LogP contribution is -2.44. The van der Waals surface area contributed by atoms with Gasteiger partial charge in [-0.1, -0.05) is 12.1 Å². The molecule has 2 rings (SSSR count). The number of para-hydroxylation sites is 1. The molecule has 5 nitrogen and oxygen atoms in total. The second kappa shape index (κ2) is 6.69. The number of guanidine groups is 1. The molecule has 0 bridgehead atoms. The van der Waals surface area contributed by atoms with Gasteiger partial charge in [-0.05, 0) is 51.7 Å². The Morgan fingerprint density at radius 1 is 1.38 bits per heavy atom. The van der Waals surface area contributed by atoms with E-state index in [9.17, 15) is 4.39 Å². The number of nitrogens with two attached hydrogens (primary N) is 1. The van der Waals surface area contributed by atoms with E-state index in [1.165, 1.54) is 6.07 Å². The summed E-state index contributed by atoms with van der Waals surface area (Å²) in [7, 11) is 4.05. The second-order valence-corrected chi connectivity index (χ2v) is 5.44. The summed E-state index contributed by atoms with van der Waals surface area (Å²) in [4.78, 5) is 6.55. The zero-order valence-corrected chi connectivity index (χ0v) is 12.4.